The predicted octanol–water partition coefficient (Wildman–Crippen LogP) is 2.64. The fourth-order valence-electron chi connectivity index (χ4n) is 2.58. The fraction of sp³-hybridized carbons (Fsp3) is 0.105. The van der Waals surface area contributed by atoms with Gasteiger partial charge in [0, 0.05) is 18.2 Å². The van der Waals surface area contributed by atoms with E-state index in [1.54, 1.807) is 28.9 Å². The number of esters is 1. The summed E-state index contributed by atoms with van der Waals surface area (Å²) in [7, 11) is 3.21. The predicted molar refractivity (Wildman–Crippen MR) is 93.9 cm³/mol. The third-order valence-corrected chi connectivity index (χ3v) is 3.95. The van der Waals surface area contributed by atoms with E-state index in [0.29, 0.717) is 11.1 Å². The van der Waals surface area contributed by atoms with Crippen LogP contribution in [0.25, 0.3) is 22.5 Å². The first-order valence-corrected chi connectivity index (χ1v) is 7.62. The van der Waals surface area contributed by atoms with Crippen molar-refractivity contribution in [2.24, 2.45) is 12.8 Å². The van der Waals surface area contributed by atoms with Crippen molar-refractivity contribution in [3.8, 4) is 22.5 Å². The van der Waals surface area contributed by atoms with Gasteiger partial charge in [-0.15, -0.1) is 0 Å². The van der Waals surface area contributed by atoms with Crippen molar-refractivity contribution in [3.05, 3.63) is 65.7 Å². The first-order valence-electron chi connectivity index (χ1n) is 7.62. The number of hydrogen-bond donors (Lipinski definition) is 1. The second-order valence-electron chi connectivity index (χ2n) is 5.55. The summed E-state index contributed by atoms with van der Waals surface area (Å²) in [5, 5.41) is 4.51. The Morgan fingerprint density at radius 1 is 0.960 bits per heavy atom. The number of carbonyl (C=O) groups excluding carboxylic acids is 2. The molecule has 0 atom stereocenters. The molecule has 0 aliphatic heterocycles. The van der Waals surface area contributed by atoms with Crippen LogP contribution in [0.3, 0.4) is 0 Å². The van der Waals surface area contributed by atoms with Crippen LogP contribution in [-0.2, 0) is 11.8 Å². The zero-order valence-electron chi connectivity index (χ0n) is 13.9. The lowest BCUT2D eigenvalue weighted by Gasteiger charge is -2.03. The number of methoxy groups -OCH3 is 1. The molecule has 1 heterocycles. The number of nitrogens with two attached hydrogens (primary N) is 1. The Labute approximate surface area is 144 Å². The van der Waals surface area contributed by atoms with Gasteiger partial charge in [-0.3, -0.25) is 9.48 Å². The number of hydrogen-bond acceptors (Lipinski definition) is 4. The fourth-order valence-corrected chi connectivity index (χ4v) is 2.58. The number of rotatable bonds is 4. The number of amides is 1. The lowest BCUT2D eigenvalue weighted by atomic mass is 10.1. The molecule has 126 valence electrons. The van der Waals surface area contributed by atoms with Crippen LogP contribution in [0.2, 0.25) is 0 Å². The molecule has 0 aliphatic rings. The molecule has 25 heavy (non-hydrogen) atoms. The normalized spacial score (nSPS) is 10.5. The Hall–Kier alpha value is -3.41. The summed E-state index contributed by atoms with van der Waals surface area (Å²) in [6.45, 7) is 0. The summed E-state index contributed by atoms with van der Waals surface area (Å²) in [4.78, 5) is 22.7. The van der Waals surface area contributed by atoms with E-state index in [2.05, 4.69) is 5.10 Å². The number of benzene rings is 2. The van der Waals surface area contributed by atoms with Gasteiger partial charge in [0.2, 0.25) is 5.91 Å². The van der Waals surface area contributed by atoms with Crippen LogP contribution in [0.5, 0.6) is 0 Å². The summed E-state index contributed by atoms with van der Waals surface area (Å²) in [5.74, 6) is -0.828. The number of nitrogens with zero attached hydrogens (tertiary/aromatic N) is 2. The molecule has 6 nitrogen and oxygen atoms in total. The molecule has 0 bridgehead atoms. The molecule has 2 N–H and O–H groups in total. The molecular formula is C19H17N3O3. The smallest absolute Gasteiger partial charge is 0.337 e. The number of ether oxygens (including phenoxy) is 1. The van der Waals surface area contributed by atoms with Gasteiger partial charge in [0.25, 0.3) is 0 Å². The van der Waals surface area contributed by atoms with E-state index < -0.39 is 5.91 Å². The first-order chi connectivity index (χ1) is 12.0. The highest BCUT2D eigenvalue weighted by Crippen LogP contribution is 2.26. The Kier molecular flexibility index (Phi) is 4.35. The molecule has 2 aromatic carbocycles. The Morgan fingerprint density at radius 3 is 2.08 bits per heavy atom. The maximum Gasteiger partial charge on any atom is 0.337 e. The van der Waals surface area contributed by atoms with E-state index in [1.165, 1.54) is 7.11 Å². The van der Waals surface area contributed by atoms with Gasteiger partial charge in [-0.25, -0.2) is 4.79 Å². The SMILES string of the molecule is COC(=O)c1ccc(-c2cc(-c3ccc(C(N)=O)cc3)nn2C)cc1. The van der Waals surface area contributed by atoms with Crippen LogP contribution in [0.1, 0.15) is 20.7 Å². The second-order valence-corrected chi connectivity index (χ2v) is 5.55. The maximum absolute atomic E-state index is 11.5. The molecule has 0 saturated heterocycles. The number of primary amides is 1. The van der Waals surface area contributed by atoms with Crippen molar-refractivity contribution in [1.29, 1.82) is 0 Å². The van der Waals surface area contributed by atoms with E-state index in [9.17, 15) is 9.59 Å². The third kappa shape index (κ3) is 3.28. The molecule has 3 aromatic rings. The molecule has 0 aliphatic carbocycles. The summed E-state index contributed by atoms with van der Waals surface area (Å²) in [5.41, 5.74) is 9.72. The van der Waals surface area contributed by atoms with Crippen LogP contribution in [0, 0.1) is 0 Å². The van der Waals surface area contributed by atoms with Crippen molar-refractivity contribution in [2.45, 2.75) is 0 Å². The standard InChI is InChI=1S/C19H17N3O3/c1-22-17(13-5-9-15(10-6-13)19(24)25-2)11-16(21-22)12-3-7-14(8-4-12)18(20)23/h3-11H,1-2H3,(H2,20,23). The average molecular weight is 335 g/mol. The van der Waals surface area contributed by atoms with E-state index in [0.717, 1.165) is 22.5 Å². The molecular weight excluding hydrogens is 318 g/mol. The summed E-state index contributed by atoms with van der Waals surface area (Å²) >= 11 is 0. The van der Waals surface area contributed by atoms with Crippen molar-refractivity contribution < 1.29 is 14.3 Å². The minimum Gasteiger partial charge on any atom is -0.465 e. The van der Waals surface area contributed by atoms with Crippen LogP contribution < -0.4 is 5.73 Å². The van der Waals surface area contributed by atoms with Crippen LogP contribution >= 0.6 is 0 Å². The molecule has 1 aromatic heterocycles. The average Bonchev–Trinajstić information content (AvgIpc) is 3.03. The van der Waals surface area contributed by atoms with Crippen molar-refractivity contribution in [2.75, 3.05) is 7.11 Å². The summed E-state index contributed by atoms with van der Waals surface area (Å²) < 4.78 is 6.47. The lowest BCUT2D eigenvalue weighted by Crippen LogP contribution is -2.10. The molecule has 0 radical (unpaired) electrons. The Morgan fingerprint density at radius 2 is 1.52 bits per heavy atom. The number of aromatic nitrogens is 2. The van der Waals surface area contributed by atoms with Gasteiger partial charge < -0.3 is 10.5 Å². The van der Waals surface area contributed by atoms with Gasteiger partial charge in [-0.2, -0.15) is 5.10 Å². The summed E-state index contributed by atoms with van der Waals surface area (Å²) in [6, 6.07) is 16.1. The third-order valence-electron chi connectivity index (χ3n) is 3.95. The van der Waals surface area contributed by atoms with Gasteiger partial charge in [0.1, 0.15) is 0 Å². The lowest BCUT2D eigenvalue weighted by molar-refractivity contribution is 0.0600. The molecule has 0 fully saturated rings. The van der Waals surface area contributed by atoms with E-state index in [1.807, 2.05) is 37.4 Å². The highest BCUT2D eigenvalue weighted by atomic mass is 16.5. The highest BCUT2D eigenvalue weighted by Gasteiger charge is 2.11. The molecule has 6 heteroatoms. The van der Waals surface area contributed by atoms with E-state index in [-0.39, 0.29) is 5.97 Å². The zero-order chi connectivity index (χ0) is 18.0. The van der Waals surface area contributed by atoms with Gasteiger partial charge in [0.15, 0.2) is 0 Å². The molecule has 0 saturated carbocycles. The summed E-state index contributed by atoms with van der Waals surface area (Å²) in [6.07, 6.45) is 0. The first kappa shape index (κ1) is 16.4. The Balaban J connectivity index is 1.92. The molecule has 0 spiro atoms. The highest BCUT2D eigenvalue weighted by molar-refractivity contribution is 5.93. The van der Waals surface area contributed by atoms with Crippen LogP contribution in [0.15, 0.2) is 54.6 Å². The second kappa shape index (κ2) is 6.60. The van der Waals surface area contributed by atoms with Crippen molar-refractivity contribution in [3.63, 3.8) is 0 Å². The quantitative estimate of drug-likeness (QED) is 0.743. The maximum atomic E-state index is 11.5. The molecule has 1 amide bonds. The van der Waals surface area contributed by atoms with Gasteiger partial charge >= 0.3 is 5.97 Å². The monoisotopic (exact) mass is 335 g/mol. The topological polar surface area (TPSA) is 87.2 Å². The van der Waals surface area contributed by atoms with Crippen molar-refractivity contribution >= 4 is 11.9 Å². The molecule has 0 unspecified atom stereocenters. The van der Waals surface area contributed by atoms with Crippen molar-refractivity contribution in [1.82, 2.24) is 9.78 Å². The van der Waals surface area contributed by atoms with Gasteiger partial charge in [-0.1, -0.05) is 24.3 Å². The number of carbonyl (C=O) groups is 2. The van der Waals surface area contributed by atoms with Crippen LogP contribution in [-0.4, -0.2) is 28.8 Å². The zero-order valence-corrected chi connectivity index (χ0v) is 13.9. The van der Waals surface area contributed by atoms with Gasteiger partial charge in [-0.05, 0) is 35.9 Å². The minimum absolute atomic E-state index is 0.369. The largest absolute Gasteiger partial charge is 0.465 e. The molecule has 3 rings (SSSR count). The van der Waals surface area contributed by atoms with Crippen LogP contribution in [0.4, 0.5) is 0 Å². The van der Waals surface area contributed by atoms with E-state index >= 15 is 0 Å². The minimum atomic E-state index is -0.459. The number of aryl methyl sites for hydroxylation is 1. The van der Waals surface area contributed by atoms with E-state index in [4.69, 9.17) is 10.5 Å². The van der Waals surface area contributed by atoms with Gasteiger partial charge in [0.05, 0.1) is 24.1 Å². The Bertz CT molecular complexity index is 926.